The lowest BCUT2D eigenvalue weighted by atomic mass is 10.2. The molecule has 3 amide bonds. The van der Waals surface area contributed by atoms with Gasteiger partial charge in [0.1, 0.15) is 11.6 Å². The van der Waals surface area contributed by atoms with Crippen LogP contribution in [-0.4, -0.2) is 24.5 Å². The highest BCUT2D eigenvalue weighted by molar-refractivity contribution is 5.97. The van der Waals surface area contributed by atoms with E-state index >= 15 is 0 Å². The molecule has 1 fully saturated rings. The first-order valence-electron chi connectivity index (χ1n) is 7.40. The summed E-state index contributed by atoms with van der Waals surface area (Å²) in [5, 5.41) is 5.20. The van der Waals surface area contributed by atoms with E-state index in [1.165, 1.54) is 47.4 Å². The molecule has 1 heterocycles. The van der Waals surface area contributed by atoms with Crippen LogP contribution in [0.15, 0.2) is 48.5 Å². The summed E-state index contributed by atoms with van der Waals surface area (Å²) < 4.78 is 26.1. The highest BCUT2D eigenvalue weighted by Crippen LogP contribution is 2.22. The number of amides is 3. The van der Waals surface area contributed by atoms with Gasteiger partial charge in [0.15, 0.2) is 0 Å². The van der Waals surface area contributed by atoms with Gasteiger partial charge in [0, 0.05) is 24.3 Å². The van der Waals surface area contributed by atoms with Gasteiger partial charge in [-0.15, -0.1) is 0 Å². The smallest absolute Gasteiger partial charge is 0.319 e. The highest BCUT2D eigenvalue weighted by Gasteiger charge is 2.31. The second kappa shape index (κ2) is 6.66. The molecule has 0 radical (unpaired) electrons. The number of carbonyl (C=O) groups is 2. The second-order valence-corrected chi connectivity index (χ2v) is 5.49. The number of rotatable bonds is 3. The molecule has 1 aliphatic rings. The fraction of sp³-hybridized carbons (Fsp3) is 0.176. The minimum absolute atomic E-state index is 0.147. The Morgan fingerprint density at radius 1 is 1.08 bits per heavy atom. The Morgan fingerprint density at radius 2 is 1.83 bits per heavy atom. The van der Waals surface area contributed by atoms with Gasteiger partial charge < -0.3 is 15.5 Å². The van der Waals surface area contributed by atoms with Gasteiger partial charge in [-0.3, -0.25) is 4.79 Å². The molecule has 0 spiro atoms. The predicted octanol–water partition coefficient (Wildman–Crippen LogP) is 2.89. The van der Waals surface area contributed by atoms with Crippen LogP contribution >= 0.6 is 0 Å². The molecule has 5 nitrogen and oxygen atoms in total. The molecule has 0 saturated carbocycles. The van der Waals surface area contributed by atoms with Crippen molar-refractivity contribution in [2.24, 2.45) is 0 Å². The Morgan fingerprint density at radius 3 is 2.54 bits per heavy atom. The lowest BCUT2D eigenvalue weighted by Crippen LogP contribution is -2.39. The van der Waals surface area contributed by atoms with Crippen LogP contribution in [0.5, 0.6) is 0 Å². The molecule has 1 aliphatic heterocycles. The summed E-state index contributed by atoms with van der Waals surface area (Å²) in [5.41, 5.74) is 0.906. The predicted molar refractivity (Wildman–Crippen MR) is 85.7 cm³/mol. The van der Waals surface area contributed by atoms with Gasteiger partial charge in [-0.1, -0.05) is 6.07 Å². The van der Waals surface area contributed by atoms with Crippen molar-refractivity contribution in [1.29, 1.82) is 0 Å². The molecule has 3 rings (SSSR count). The summed E-state index contributed by atoms with van der Waals surface area (Å²) in [6, 6.07) is 10.2. The third kappa shape index (κ3) is 3.68. The number of nitrogens with one attached hydrogen (secondary N) is 2. The van der Waals surface area contributed by atoms with Crippen LogP contribution in [0.2, 0.25) is 0 Å². The first kappa shape index (κ1) is 15.9. The zero-order valence-corrected chi connectivity index (χ0v) is 12.6. The van der Waals surface area contributed by atoms with E-state index in [0.29, 0.717) is 17.9 Å². The Bertz CT molecular complexity index is 765. The Hall–Kier alpha value is -2.96. The average molecular weight is 331 g/mol. The second-order valence-electron chi connectivity index (χ2n) is 5.49. The summed E-state index contributed by atoms with van der Waals surface area (Å²) in [6.45, 7) is 0.293. The lowest BCUT2D eigenvalue weighted by Gasteiger charge is -2.17. The first-order chi connectivity index (χ1) is 11.5. The van der Waals surface area contributed by atoms with E-state index in [2.05, 4.69) is 10.6 Å². The zero-order valence-electron chi connectivity index (χ0n) is 12.6. The number of nitrogens with zero attached hydrogens (tertiary/aromatic N) is 1. The van der Waals surface area contributed by atoms with E-state index in [-0.39, 0.29) is 24.2 Å². The quantitative estimate of drug-likeness (QED) is 0.908. The van der Waals surface area contributed by atoms with Gasteiger partial charge in [0.2, 0.25) is 5.91 Å². The lowest BCUT2D eigenvalue weighted by molar-refractivity contribution is -0.117. The van der Waals surface area contributed by atoms with Crippen LogP contribution in [0, 0.1) is 11.6 Å². The van der Waals surface area contributed by atoms with Gasteiger partial charge in [0.05, 0.1) is 6.04 Å². The van der Waals surface area contributed by atoms with Crippen molar-refractivity contribution in [3.8, 4) is 0 Å². The maximum absolute atomic E-state index is 13.1. The van der Waals surface area contributed by atoms with Crippen molar-refractivity contribution in [2.75, 3.05) is 16.8 Å². The van der Waals surface area contributed by atoms with Crippen LogP contribution in [0.3, 0.4) is 0 Å². The number of carbonyl (C=O) groups excluding carboxylic acids is 2. The van der Waals surface area contributed by atoms with Crippen LogP contribution in [-0.2, 0) is 4.79 Å². The summed E-state index contributed by atoms with van der Waals surface area (Å²) in [5.74, 6) is -0.987. The Labute approximate surface area is 137 Å². The topological polar surface area (TPSA) is 61.4 Å². The average Bonchev–Trinajstić information content (AvgIpc) is 2.88. The van der Waals surface area contributed by atoms with E-state index in [1.54, 1.807) is 6.07 Å². The molecule has 2 aromatic carbocycles. The maximum Gasteiger partial charge on any atom is 0.319 e. The van der Waals surface area contributed by atoms with E-state index in [0.717, 1.165) is 0 Å². The number of benzene rings is 2. The van der Waals surface area contributed by atoms with Crippen molar-refractivity contribution < 1.29 is 18.4 Å². The summed E-state index contributed by atoms with van der Waals surface area (Å²) >= 11 is 0. The number of hydrogen-bond donors (Lipinski definition) is 2. The molecule has 0 aliphatic carbocycles. The molecule has 24 heavy (non-hydrogen) atoms. The summed E-state index contributed by atoms with van der Waals surface area (Å²) in [7, 11) is 0. The third-order valence-electron chi connectivity index (χ3n) is 3.68. The van der Waals surface area contributed by atoms with Crippen LogP contribution < -0.4 is 15.5 Å². The summed E-state index contributed by atoms with van der Waals surface area (Å²) in [4.78, 5) is 25.5. The molecule has 1 saturated heterocycles. The fourth-order valence-electron chi connectivity index (χ4n) is 2.59. The number of anilines is 2. The first-order valence-corrected chi connectivity index (χ1v) is 7.40. The largest absolute Gasteiger partial charge is 0.333 e. The molecular formula is C17H15F2N3O2. The standard InChI is InChI=1S/C17H15F2N3O2/c18-11-4-6-15(7-5-11)22-10-14(9-16(22)23)21-17(24)20-13-3-1-2-12(19)8-13/h1-8,14H,9-10H2,(H2,20,21,24)/t14-/m0/s1. The van der Waals surface area contributed by atoms with E-state index in [9.17, 15) is 18.4 Å². The van der Waals surface area contributed by atoms with Gasteiger partial charge >= 0.3 is 6.03 Å². The molecule has 2 N–H and O–H groups in total. The number of halogens is 2. The SMILES string of the molecule is O=C(Nc1cccc(F)c1)N[C@H]1CC(=O)N(c2ccc(F)cc2)C1. The third-order valence-corrected chi connectivity index (χ3v) is 3.68. The van der Waals surface area contributed by atoms with Crippen molar-refractivity contribution in [3.05, 3.63) is 60.2 Å². The molecule has 0 bridgehead atoms. The van der Waals surface area contributed by atoms with Crippen molar-refractivity contribution in [2.45, 2.75) is 12.5 Å². The number of urea groups is 1. The molecular weight excluding hydrogens is 316 g/mol. The van der Waals surface area contributed by atoms with Gasteiger partial charge in [-0.25, -0.2) is 13.6 Å². The molecule has 124 valence electrons. The normalized spacial score (nSPS) is 17.0. The van der Waals surface area contributed by atoms with E-state index in [1.807, 2.05) is 0 Å². The minimum atomic E-state index is -0.514. The molecule has 1 atom stereocenters. The van der Waals surface area contributed by atoms with E-state index in [4.69, 9.17) is 0 Å². The monoisotopic (exact) mass is 331 g/mol. The fourth-order valence-corrected chi connectivity index (χ4v) is 2.59. The molecule has 7 heteroatoms. The van der Waals surface area contributed by atoms with Crippen LogP contribution in [0.4, 0.5) is 25.0 Å². The van der Waals surface area contributed by atoms with Gasteiger partial charge in [-0.05, 0) is 42.5 Å². The van der Waals surface area contributed by atoms with Crippen LogP contribution in [0.1, 0.15) is 6.42 Å². The van der Waals surface area contributed by atoms with E-state index < -0.39 is 11.8 Å². The number of hydrogen-bond acceptors (Lipinski definition) is 2. The summed E-state index contributed by atoms with van der Waals surface area (Å²) in [6.07, 6.45) is 0.147. The van der Waals surface area contributed by atoms with Crippen molar-refractivity contribution >= 4 is 23.3 Å². The highest BCUT2D eigenvalue weighted by atomic mass is 19.1. The molecule has 0 aromatic heterocycles. The zero-order chi connectivity index (χ0) is 17.1. The Balaban J connectivity index is 1.59. The van der Waals surface area contributed by atoms with Gasteiger partial charge in [-0.2, -0.15) is 0 Å². The van der Waals surface area contributed by atoms with Crippen LogP contribution in [0.25, 0.3) is 0 Å². The van der Waals surface area contributed by atoms with Crippen molar-refractivity contribution in [1.82, 2.24) is 5.32 Å². The maximum atomic E-state index is 13.1. The minimum Gasteiger partial charge on any atom is -0.333 e. The molecule has 2 aromatic rings. The Kier molecular flexibility index (Phi) is 4.41. The van der Waals surface area contributed by atoms with Gasteiger partial charge in [0.25, 0.3) is 0 Å². The van der Waals surface area contributed by atoms with Crippen molar-refractivity contribution in [3.63, 3.8) is 0 Å². The molecule has 0 unspecified atom stereocenters.